The van der Waals surface area contributed by atoms with E-state index in [4.69, 9.17) is 10.5 Å². The van der Waals surface area contributed by atoms with E-state index in [0.717, 1.165) is 12.0 Å². The van der Waals surface area contributed by atoms with Gasteiger partial charge in [-0.15, -0.1) is 12.4 Å². The number of ether oxygens (including phenoxy) is 1. The van der Waals surface area contributed by atoms with E-state index in [-0.39, 0.29) is 24.1 Å². The van der Waals surface area contributed by atoms with E-state index in [1.807, 2.05) is 6.92 Å². The summed E-state index contributed by atoms with van der Waals surface area (Å²) in [6.07, 6.45) is 1.57. The number of hydrogen-bond acceptors (Lipinski definition) is 4. The van der Waals surface area contributed by atoms with Crippen LogP contribution in [0.3, 0.4) is 0 Å². The molecule has 0 heterocycles. The van der Waals surface area contributed by atoms with Gasteiger partial charge in [0, 0.05) is 13.6 Å². The Balaban J connectivity index is 0.00000361. The summed E-state index contributed by atoms with van der Waals surface area (Å²) in [5.74, 6) is 0.410. The number of phenols is 1. The zero-order valence-electron chi connectivity index (χ0n) is 12.1. The normalized spacial score (nSPS) is 11.4. The molecule has 1 aromatic rings. The summed E-state index contributed by atoms with van der Waals surface area (Å²) in [4.78, 5) is 13.6. The first kappa shape index (κ1) is 18.5. The average molecular weight is 303 g/mol. The number of likely N-dealkylation sites (N-methyl/N-ethyl adjacent to an activating group) is 1. The number of hydrogen-bond donors (Lipinski definition) is 2. The van der Waals surface area contributed by atoms with E-state index in [1.54, 1.807) is 30.1 Å². The molecule has 0 saturated carbocycles. The number of nitrogens with two attached hydrogens (primary N) is 1. The standard InChI is InChI=1S/C14H22N2O3.ClH/c1-4-5-11(15)14(18)16(2)9-10-6-7-12(17)13(8-10)19-3;/h6-8,11,17H,4-5,9,15H2,1-3H3;1H. The van der Waals surface area contributed by atoms with Gasteiger partial charge in [-0.1, -0.05) is 19.4 Å². The molecule has 0 aromatic heterocycles. The van der Waals surface area contributed by atoms with E-state index >= 15 is 0 Å². The maximum absolute atomic E-state index is 12.0. The largest absolute Gasteiger partial charge is 0.504 e. The number of rotatable bonds is 6. The predicted octanol–water partition coefficient (Wildman–Crippen LogP) is 1.91. The Labute approximate surface area is 126 Å². The van der Waals surface area contributed by atoms with Crippen LogP contribution in [0.1, 0.15) is 25.3 Å². The molecule has 1 rings (SSSR count). The van der Waals surface area contributed by atoms with Crippen LogP contribution in [0.4, 0.5) is 0 Å². The average Bonchev–Trinajstić information content (AvgIpc) is 2.40. The van der Waals surface area contributed by atoms with Gasteiger partial charge in [0.2, 0.25) is 5.91 Å². The minimum Gasteiger partial charge on any atom is -0.504 e. The van der Waals surface area contributed by atoms with Crippen LogP contribution in [0.2, 0.25) is 0 Å². The van der Waals surface area contributed by atoms with Gasteiger partial charge in [0.1, 0.15) is 0 Å². The van der Waals surface area contributed by atoms with E-state index in [0.29, 0.717) is 18.7 Å². The van der Waals surface area contributed by atoms with Crippen molar-refractivity contribution in [3.05, 3.63) is 23.8 Å². The number of carbonyl (C=O) groups excluding carboxylic acids is 1. The number of nitrogens with zero attached hydrogens (tertiary/aromatic N) is 1. The first-order valence-corrected chi connectivity index (χ1v) is 6.36. The fourth-order valence-corrected chi connectivity index (χ4v) is 1.89. The fraction of sp³-hybridized carbons (Fsp3) is 0.500. The fourth-order valence-electron chi connectivity index (χ4n) is 1.89. The summed E-state index contributed by atoms with van der Waals surface area (Å²) in [6, 6.07) is 4.57. The molecule has 3 N–H and O–H groups in total. The molecule has 1 amide bonds. The van der Waals surface area contributed by atoms with Crippen molar-refractivity contribution in [1.29, 1.82) is 0 Å². The lowest BCUT2D eigenvalue weighted by atomic mass is 10.1. The van der Waals surface area contributed by atoms with Gasteiger partial charge in [-0.2, -0.15) is 0 Å². The number of amides is 1. The highest BCUT2D eigenvalue weighted by Crippen LogP contribution is 2.26. The smallest absolute Gasteiger partial charge is 0.239 e. The van der Waals surface area contributed by atoms with Crippen LogP contribution < -0.4 is 10.5 Å². The lowest BCUT2D eigenvalue weighted by Gasteiger charge is -2.21. The number of benzene rings is 1. The third kappa shape index (κ3) is 4.90. The molecule has 0 saturated heterocycles. The summed E-state index contributed by atoms with van der Waals surface area (Å²) in [7, 11) is 3.21. The van der Waals surface area contributed by atoms with Gasteiger partial charge in [0.05, 0.1) is 13.2 Å². The number of phenolic OH excluding ortho intramolecular Hbond substituents is 1. The lowest BCUT2D eigenvalue weighted by molar-refractivity contribution is -0.132. The molecular weight excluding hydrogens is 280 g/mol. The molecule has 0 aliphatic carbocycles. The molecule has 1 unspecified atom stereocenters. The van der Waals surface area contributed by atoms with Crippen LogP contribution in [-0.2, 0) is 11.3 Å². The second-order valence-corrected chi connectivity index (χ2v) is 4.60. The van der Waals surface area contributed by atoms with Crippen molar-refractivity contribution in [2.45, 2.75) is 32.4 Å². The minimum atomic E-state index is -0.450. The summed E-state index contributed by atoms with van der Waals surface area (Å²) in [5.41, 5.74) is 6.69. The van der Waals surface area contributed by atoms with Crippen molar-refractivity contribution < 1.29 is 14.6 Å². The summed E-state index contributed by atoms with van der Waals surface area (Å²) in [6.45, 7) is 2.44. The van der Waals surface area contributed by atoms with Crippen LogP contribution in [0.5, 0.6) is 11.5 Å². The third-order valence-electron chi connectivity index (χ3n) is 2.96. The first-order valence-electron chi connectivity index (χ1n) is 6.36. The number of carbonyl (C=O) groups is 1. The zero-order valence-corrected chi connectivity index (χ0v) is 12.9. The molecule has 0 radical (unpaired) electrons. The van der Waals surface area contributed by atoms with E-state index in [1.165, 1.54) is 7.11 Å². The topological polar surface area (TPSA) is 75.8 Å². The van der Waals surface area contributed by atoms with Gasteiger partial charge in [-0.25, -0.2) is 0 Å². The van der Waals surface area contributed by atoms with Crippen LogP contribution in [0, 0.1) is 0 Å². The van der Waals surface area contributed by atoms with Gasteiger partial charge in [0.15, 0.2) is 11.5 Å². The zero-order chi connectivity index (χ0) is 14.4. The van der Waals surface area contributed by atoms with Gasteiger partial charge in [-0.05, 0) is 24.1 Å². The minimum absolute atomic E-state index is 0. The number of halogens is 1. The second-order valence-electron chi connectivity index (χ2n) is 4.60. The molecule has 0 aliphatic rings. The van der Waals surface area contributed by atoms with Crippen molar-refractivity contribution in [2.75, 3.05) is 14.2 Å². The van der Waals surface area contributed by atoms with Crippen molar-refractivity contribution in [2.24, 2.45) is 5.73 Å². The number of methoxy groups -OCH3 is 1. The highest BCUT2D eigenvalue weighted by Gasteiger charge is 2.17. The molecule has 1 atom stereocenters. The molecule has 1 aromatic carbocycles. The maximum Gasteiger partial charge on any atom is 0.239 e. The van der Waals surface area contributed by atoms with Crippen molar-refractivity contribution in [3.63, 3.8) is 0 Å². The van der Waals surface area contributed by atoms with Gasteiger partial charge in [-0.3, -0.25) is 4.79 Å². The molecule has 5 nitrogen and oxygen atoms in total. The van der Waals surface area contributed by atoms with Crippen LogP contribution in [0.25, 0.3) is 0 Å². The van der Waals surface area contributed by atoms with E-state index in [9.17, 15) is 9.90 Å². The molecule has 0 spiro atoms. The molecular formula is C14H23ClN2O3. The molecule has 0 aliphatic heterocycles. The molecule has 0 bridgehead atoms. The lowest BCUT2D eigenvalue weighted by Crippen LogP contribution is -2.41. The van der Waals surface area contributed by atoms with Crippen molar-refractivity contribution >= 4 is 18.3 Å². The Morgan fingerprint density at radius 2 is 2.15 bits per heavy atom. The molecule has 20 heavy (non-hydrogen) atoms. The van der Waals surface area contributed by atoms with Crippen LogP contribution in [-0.4, -0.2) is 36.1 Å². The molecule has 114 valence electrons. The van der Waals surface area contributed by atoms with E-state index in [2.05, 4.69) is 0 Å². The van der Waals surface area contributed by atoms with E-state index < -0.39 is 6.04 Å². The van der Waals surface area contributed by atoms with Gasteiger partial charge >= 0.3 is 0 Å². The SMILES string of the molecule is CCCC(N)C(=O)N(C)Cc1ccc(O)c(OC)c1.Cl. The second kappa shape index (κ2) is 8.66. The highest BCUT2D eigenvalue weighted by molar-refractivity contribution is 5.85. The maximum atomic E-state index is 12.0. The first-order chi connectivity index (χ1) is 8.99. The van der Waals surface area contributed by atoms with Crippen molar-refractivity contribution in [3.8, 4) is 11.5 Å². The summed E-state index contributed by atoms with van der Waals surface area (Å²) < 4.78 is 5.04. The Kier molecular flexibility index (Phi) is 8.03. The predicted molar refractivity (Wildman–Crippen MR) is 81.3 cm³/mol. The highest BCUT2D eigenvalue weighted by atomic mass is 35.5. The third-order valence-corrected chi connectivity index (χ3v) is 2.96. The Morgan fingerprint density at radius 1 is 1.50 bits per heavy atom. The molecule has 6 heteroatoms. The Morgan fingerprint density at radius 3 is 2.70 bits per heavy atom. The van der Waals surface area contributed by atoms with Crippen LogP contribution >= 0.6 is 12.4 Å². The Bertz CT molecular complexity index is 440. The van der Waals surface area contributed by atoms with Gasteiger partial charge < -0.3 is 20.5 Å². The van der Waals surface area contributed by atoms with Gasteiger partial charge in [0.25, 0.3) is 0 Å². The summed E-state index contributed by atoms with van der Waals surface area (Å²) >= 11 is 0. The number of aromatic hydroxyl groups is 1. The summed E-state index contributed by atoms with van der Waals surface area (Å²) in [5, 5.41) is 9.51. The Hall–Kier alpha value is -1.46. The van der Waals surface area contributed by atoms with Crippen LogP contribution in [0.15, 0.2) is 18.2 Å². The molecule has 0 fully saturated rings. The monoisotopic (exact) mass is 302 g/mol. The van der Waals surface area contributed by atoms with Crippen molar-refractivity contribution in [1.82, 2.24) is 4.90 Å². The quantitative estimate of drug-likeness (QED) is 0.841.